The lowest BCUT2D eigenvalue weighted by Gasteiger charge is -2.40. The Kier molecular flexibility index (Phi) is 8.47. The second kappa shape index (κ2) is 11.3. The molecule has 1 aliphatic heterocycles. The van der Waals surface area contributed by atoms with Gasteiger partial charge in [-0.1, -0.05) is 24.3 Å². The second-order valence-corrected chi connectivity index (χ2v) is 8.92. The molecule has 4 rings (SSSR count). The van der Waals surface area contributed by atoms with Crippen LogP contribution >= 0.6 is 0 Å². The van der Waals surface area contributed by atoms with E-state index in [0.717, 1.165) is 48.4 Å². The van der Waals surface area contributed by atoms with Crippen molar-refractivity contribution in [3.05, 3.63) is 54.1 Å². The number of carboxylic acid groups (broad SMARTS) is 1. The highest BCUT2D eigenvalue weighted by molar-refractivity contribution is 5.95. The number of likely N-dealkylation sites (N-methyl/N-ethyl adjacent to an activating group) is 1. The van der Waals surface area contributed by atoms with E-state index in [1.54, 1.807) is 7.11 Å². The fraction of sp³-hybridized carbons (Fsp3) is 0.462. The van der Waals surface area contributed by atoms with Gasteiger partial charge in [-0.25, -0.2) is 0 Å². The van der Waals surface area contributed by atoms with Crippen molar-refractivity contribution in [2.24, 2.45) is 11.8 Å². The van der Waals surface area contributed by atoms with Crippen LogP contribution in [0.3, 0.4) is 0 Å². The molecule has 0 aromatic heterocycles. The molecule has 0 radical (unpaired) electrons. The molecule has 2 aromatic carbocycles. The number of nitrogens with zero attached hydrogens (tertiary/aromatic N) is 2. The van der Waals surface area contributed by atoms with Gasteiger partial charge in [0.15, 0.2) is 0 Å². The number of ether oxygens (including phenoxy) is 2. The number of hydrogen-bond donors (Lipinski definition) is 1. The van der Waals surface area contributed by atoms with Crippen molar-refractivity contribution < 1.29 is 24.2 Å². The van der Waals surface area contributed by atoms with E-state index in [2.05, 4.69) is 19.0 Å². The van der Waals surface area contributed by atoms with E-state index in [1.165, 1.54) is 0 Å². The minimum atomic E-state index is -0.250. The molecule has 1 saturated carbocycles. The van der Waals surface area contributed by atoms with Crippen molar-refractivity contribution in [1.82, 2.24) is 9.80 Å². The van der Waals surface area contributed by atoms with E-state index < -0.39 is 0 Å². The van der Waals surface area contributed by atoms with Crippen molar-refractivity contribution in [2.75, 3.05) is 41.4 Å². The quantitative estimate of drug-likeness (QED) is 0.697. The van der Waals surface area contributed by atoms with E-state index in [1.807, 2.05) is 60.5 Å². The zero-order valence-corrected chi connectivity index (χ0v) is 19.8. The molecule has 4 atom stereocenters. The molecule has 1 aliphatic carbocycles. The molecule has 1 heterocycles. The van der Waals surface area contributed by atoms with Crippen molar-refractivity contribution in [1.29, 1.82) is 0 Å². The topological polar surface area (TPSA) is 79.3 Å². The molecule has 7 nitrogen and oxygen atoms in total. The van der Waals surface area contributed by atoms with Crippen LogP contribution in [-0.4, -0.2) is 80.8 Å². The number of rotatable bonds is 5. The molecule has 2 aromatic rings. The Labute approximate surface area is 195 Å². The first-order valence-electron chi connectivity index (χ1n) is 11.2. The van der Waals surface area contributed by atoms with Crippen LogP contribution in [0.15, 0.2) is 48.5 Å². The van der Waals surface area contributed by atoms with Crippen LogP contribution in [0.25, 0.3) is 11.1 Å². The fourth-order valence-electron chi connectivity index (χ4n) is 5.17. The van der Waals surface area contributed by atoms with Crippen molar-refractivity contribution in [3.8, 4) is 16.9 Å². The molecule has 1 amide bonds. The Balaban J connectivity index is 0.000000968. The van der Waals surface area contributed by atoms with Gasteiger partial charge in [0.1, 0.15) is 5.75 Å². The Morgan fingerprint density at radius 2 is 1.64 bits per heavy atom. The molecule has 178 valence electrons. The number of carbonyl (C=O) groups excluding carboxylic acids is 1. The number of carbonyl (C=O) groups is 2. The lowest BCUT2D eigenvalue weighted by Crippen LogP contribution is -2.47. The summed E-state index contributed by atoms with van der Waals surface area (Å²) in [4.78, 5) is 26.0. The van der Waals surface area contributed by atoms with Gasteiger partial charge in [-0.15, -0.1) is 0 Å². The van der Waals surface area contributed by atoms with Crippen molar-refractivity contribution in [2.45, 2.75) is 25.0 Å². The Hall–Kier alpha value is -2.90. The highest BCUT2D eigenvalue weighted by Gasteiger charge is 2.44. The number of benzene rings is 2. The van der Waals surface area contributed by atoms with E-state index in [-0.39, 0.29) is 18.5 Å². The summed E-state index contributed by atoms with van der Waals surface area (Å²) < 4.78 is 11.1. The first-order valence-corrected chi connectivity index (χ1v) is 11.2. The largest absolute Gasteiger partial charge is 0.497 e. The van der Waals surface area contributed by atoms with Crippen LogP contribution in [0.4, 0.5) is 0 Å². The number of fused-ring (bicyclic) bond motifs is 1. The second-order valence-electron chi connectivity index (χ2n) is 8.92. The van der Waals surface area contributed by atoms with Gasteiger partial charge < -0.3 is 24.4 Å². The highest BCUT2D eigenvalue weighted by atomic mass is 16.5. The third kappa shape index (κ3) is 5.72. The van der Waals surface area contributed by atoms with Crippen LogP contribution in [0.2, 0.25) is 0 Å². The van der Waals surface area contributed by atoms with Crippen LogP contribution in [0.1, 0.15) is 23.2 Å². The van der Waals surface area contributed by atoms with Gasteiger partial charge in [0.2, 0.25) is 0 Å². The van der Waals surface area contributed by atoms with Crippen LogP contribution < -0.4 is 4.74 Å². The summed E-state index contributed by atoms with van der Waals surface area (Å²) in [6.07, 6.45) is 2.36. The van der Waals surface area contributed by atoms with E-state index in [0.29, 0.717) is 17.9 Å². The summed E-state index contributed by atoms with van der Waals surface area (Å²) in [5, 5.41) is 6.89. The van der Waals surface area contributed by atoms with Crippen LogP contribution in [0.5, 0.6) is 5.75 Å². The standard InChI is InChI=1S/C25H32N2O3.CH2O2/c1-26(2)23-13-20-15-27(16-21(20)14-24(23)30-4)25(28)19-9-5-7-17(11-19)18-8-6-10-22(12-18)29-3;2-1-3/h5-12,20-21,23-24H,13-16H2,1-4H3;1H,(H,2,3)/t20-,21+,23-,24-;/m1./s1. The number of hydrogen-bond acceptors (Lipinski definition) is 5. The number of methoxy groups -OCH3 is 2. The van der Waals surface area contributed by atoms with Crippen LogP contribution in [-0.2, 0) is 9.53 Å². The molecule has 2 aliphatic rings. The Bertz CT molecular complexity index is 948. The third-order valence-electron chi connectivity index (χ3n) is 6.85. The summed E-state index contributed by atoms with van der Waals surface area (Å²) in [7, 11) is 7.72. The molecular formula is C26H34N2O5. The minimum absolute atomic E-state index is 0.129. The minimum Gasteiger partial charge on any atom is -0.497 e. The van der Waals surface area contributed by atoms with Crippen molar-refractivity contribution >= 4 is 12.4 Å². The highest BCUT2D eigenvalue weighted by Crippen LogP contribution is 2.39. The molecule has 1 saturated heterocycles. The zero-order valence-electron chi connectivity index (χ0n) is 19.8. The van der Waals surface area contributed by atoms with Gasteiger partial charge in [-0.2, -0.15) is 0 Å². The molecule has 0 bridgehead atoms. The smallest absolute Gasteiger partial charge is 0.290 e. The predicted octanol–water partition coefficient (Wildman–Crippen LogP) is 3.49. The zero-order chi connectivity index (χ0) is 24.0. The molecule has 7 heteroatoms. The average molecular weight is 455 g/mol. The lowest BCUT2D eigenvalue weighted by atomic mass is 9.77. The van der Waals surface area contributed by atoms with Gasteiger partial charge in [0, 0.05) is 31.8 Å². The molecule has 0 spiro atoms. The maximum atomic E-state index is 13.3. The van der Waals surface area contributed by atoms with Gasteiger partial charge in [0.25, 0.3) is 12.4 Å². The van der Waals surface area contributed by atoms with E-state index in [4.69, 9.17) is 19.4 Å². The summed E-state index contributed by atoms with van der Waals surface area (Å²) in [5.74, 6) is 2.02. The molecular weight excluding hydrogens is 420 g/mol. The summed E-state index contributed by atoms with van der Waals surface area (Å²) in [6.45, 7) is 1.42. The number of likely N-dealkylation sites (tertiary alicyclic amines) is 1. The Morgan fingerprint density at radius 1 is 1.03 bits per heavy atom. The number of amides is 1. The van der Waals surface area contributed by atoms with Gasteiger partial charge in [0.05, 0.1) is 13.2 Å². The molecule has 0 unspecified atom stereocenters. The molecule has 2 fully saturated rings. The normalized spacial score (nSPS) is 24.0. The first kappa shape index (κ1) is 24.7. The summed E-state index contributed by atoms with van der Waals surface area (Å²) in [5.41, 5.74) is 2.83. The SMILES string of the molecule is COc1cccc(-c2cccc(C(=O)N3C[C@H]4C[C@@H](N(C)C)[C@H](OC)C[C@H]4C3)c2)c1.O=CO. The van der Waals surface area contributed by atoms with E-state index in [9.17, 15) is 4.79 Å². The van der Waals surface area contributed by atoms with Crippen molar-refractivity contribution in [3.63, 3.8) is 0 Å². The maximum absolute atomic E-state index is 13.3. The maximum Gasteiger partial charge on any atom is 0.290 e. The molecule has 33 heavy (non-hydrogen) atoms. The Morgan fingerprint density at radius 3 is 2.24 bits per heavy atom. The molecule has 1 N–H and O–H groups in total. The monoisotopic (exact) mass is 454 g/mol. The lowest BCUT2D eigenvalue weighted by molar-refractivity contribution is -0.122. The van der Waals surface area contributed by atoms with Gasteiger partial charge in [-0.3, -0.25) is 9.59 Å². The first-order chi connectivity index (χ1) is 15.9. The van der Waals surface area contributed by atoms with E-state index >= 15 is 0 Å². The fourth-order valence-corrected chi connectivity index (χ4v) is 5.17. The third-order valence-corrected chi connectivity index (χ3v) is 6.85. The summed E-state index contributed by atoms with van der Waals surface area (Å²) in [6, 6.07) is 16.3. The van der Waals surface area contributed by atoms with Crippen LogP contribution in [0, 0.1) is 11.8 Å². The predicted molar refractivity (Wildman–Crippen MR) is 128 cm³/mol. The van der Waals surface area contributed by atoms with Gasteiger partial charge >= 0.3 is 0 Å². The average Bonchev–Trinajstić information content (AvgIpc) is 3.26. The summed E-state index contributed by atoms with van der Waals surface area (Å²) >= 11 is 0. The van der Waals surface area contributed by atoms with Gasteiger partial charge in [-0.05, 0) is 74.2 Å².